The average molecular weight is 421 g/mol. The van der Waals surface area contributed by atoms with Crippen LogP contribution in [-0.4, -0.2) is 51.0 Å². The highest BCUT2D eigenvalue weighted by molar-refractivity contribution is 7.99. The van der Waals surface area contributed by atoms with Crippen LogP contribution in [0.5, 0.6) is 0 Å². The molecule has 0 bridgehead atoms. The Hall–Kier alpha value is -1.91. The maximum atomic E-state index is 12.6. The lowest BCUT2D eigenvalue weighted by Gasteiger charge is -2.27. The van der Waals surface area contributed by atoms with E-state index in [0.29, 0.717) is 24.4 Å². The number of fused-ring (bicyclic) bond motifs is 1. The molecule has 0 radical (unpaired) electrons. The molecular weight excluding hydrogens is 396 g/mol. The van der Waals surface area contributed by atoms with Gasteiger partial charge in [-0.3, -0.25) is 9.36 Å². The molecule has 0 spiro atoms. The summed E-state index contributed by atoms with van der Waals surface area (Å²) in [5.74, 6) is 1.55. The number of hydrogen-bond acceptors (Lipinski definition) is 8. The summed E-state index contributed by atoms with van der Waals surface area (Å²) in [4.78, 5) is 24.4. The summed E-state index contributed by atoms with van der Waals surface area (Å²) < 4.78 is 7.55. The molecule has 3 aromatic heterocycles. The van der Waals surface area contributed by atoms with Gasteiger partial charge in [-0.2, -0.15) is 0 Å². The Morgan fingerprint density at radius 3 is 2.75 bits per heavy atom. The van der Waals surface area contributed by atoms with Gasteiger partial charge in [0, 0.05) is 24.5 Å². The Balaban J connectivity index is 1.62. The molecule has 0 aromatic carbocycles. The van der Waals surface area contributed by atoms with Gasteiger partial charge in [0.25, 0.3) is 5.56 Å². The van der Waals surface area contributed by atoms with Crippen molar-refractivity contribution in [3.05, 3.63) is 26.6 Å². The van der Waals surface area contributed by atoms with E-state index in [-0.39, 0.29) is 10.8 Å². The number of rotatable bonds is 5. The standard InChI is InChI=1S/C18H24N6O2S2/c1-5-24-17(23-6-8-26-9-7-23)21-22-18(24)28-12(4)14-19-15(25)13-10(2)11(3)27-16(13)20-14/h12H,5-9H2,1-4H3,(H,19,20,25). The zero-order chi connectivity index (χ0) is 19.8. The molecule has 10 heteroatoms. The number of thiophene rings is 1. The van der Waals surface area contributed by atoms with E-state index < -0.39 is 0 Å². The molecule has 1 fully saturated rings. The summed E-state index contributed by atoms with van der Waals surface area (Å²) in [5, 5.41) is 10.3. The number of aromatic amines is 1. The molecule has 1 aliphatic rings. The van der Waals surface area contributed by atoms with E-state index in [2.05, 4.69) is 31.6 Å². The van der Waals surface area contributed by atoms with Crippen LogP contribution in [-0.2, 0) is 11.3 Å². The van der Waals surface area contributed by atoms with Crippen LogP contribution >= 0.6 is 23.1 Å². The number of anilines is 1. The van der Waals surface area contributed by atoms with Crippen molar-refractivity contribution in [1.82, 2.24) is 24.7 Å². The minimum atomic E-state index is -0.0692. The Morgan fingerprint density at radius 2 is 2.04 bits per heavy atom. The van der Waals surface area contributed by atoms with E-state index in [0.717, 1.165) is 46.0 Å². The van der Waals surface area contributed by atoms with Crippen LogP contribution in [0.25, 0.3) is 10.2 Å². The fraction of sp³-hybridized carbons (Fsp3) is 0.556. The third kappa shape index (κ3) is 3.44. The molecule has 1 atom stereocenters. The van der Waals surface area contributed by atoms with E-state index in [9.17, 15) is 4.79 Å². The van der Waals surface area contributed by atoms with Crippen LogP contribution in [0, 0.1) is 13.8 Å². The van der Waals surface area contributed by atoms with Gasteiger partial charge >= 0.3 is 0 Å². The lowest BCUT2D eigenvalue weighted by Crippen LogP contribution is -2.38. The average Bonchev–Trinajstić information content (AvgIpc) is 3.22. The molecule has 0 aliphatic carbocycles. The number of nitrogens with zero attached hydrogens (tertiary/aromatic N) is 5. The molecule has 1 unspecified atom stereocenters. The largest absolute Gasteiger partial charge is 0.378 e. The number of thioether (sulfide) groups is 1. The predicted octanol–water partition coefficient (Wildman–Crippen LogP) is 2.90. The van der Waals surface area contributed by atoms with Crippen LogP contribution in [0.3, 0.4) is 0 Å². The highest BCUT2D eigenvalue weighted by Crippen LogP contribution is 2.35. The maximum Gasteiger partial charge on any atom is 0.259 e. The van der Waals surface area contributed by atoms with E-state index in [4.69, 9.17) is 9.72 Å². The molecule has 1 N–H and O–H groups in total. The van der Waals surface area contributed by atoms with E-state index in [1.165, 1.54) is 0 Å². The molecule has 28 heavy (non-hydrogen) atoms. The third-order valence-electron chi connectivity index (χ3n) is 5.03. The molecule has 8 nitrogen and oxygen atoms in total. The number of nitrogens with one attached hydrogen (secondary N) is 1. The molecular formula is C18H24N6O2S2. The maximum absolute atomic E-state index is 12.6. The zero-order valence-corrected chi connectivity index (χ0v) is 18.1. The number of morpholine rings is 1. The Kier molecular flexibility index (Phi) is 5.44. The van der Waals surface area contributed by atoms with Crippen molar-refractivity contribution >= 4 is 39.3 Å². The fourth-order valence-electron chi connectivity index (χ4n) is 3.32. The van der Waals surface area contributed by atoms with E-state index >= 15 is 0 Å². The Labute approximate surface area is 171 Å². The van der Waals surface area contributed by atoms with Gasteiger partial charge in [-0.1, -0.05) is 11.8 Å². The van der Waals surface area contributed by atoms with Gasteiger partial charge in [0.2, 0.25) is 5.95 Å². The highest BCUT2D eigenvalue weighted by Gasteiger charge is 2.23. The molecule has 150 valence electrons. The predicted molar refractivity (Wildman–Crippen MR) is 113 cm³/mol. The number of aromatic nitrogens is 5. The van der Waals surface area contributed by atoms with Crippen LogP contribution in [0.4, 0.5) is 5.95 Å². The van der Waals surface area contributed by atoms with Crippen LogP contribution in [0.2, 0.25) is 0 Å². The van der Waals surface area contributed by atoms with Gasteiger partial charge in [-0.15, -0.1) is 21.5 Å². The lowest BCUT2D eigenvalue weighted by molar-refractivity contribution is 0.121. The topological polar surface area (TPSA) is 88.9 Å². The third-order valence-corrected chi connectivity index (χ3v) is 7.22. The van der Waals surface area contributed by atoms with Gasteiger partial charge in [0.15, 0.2) is 5.16 Å². The Bertz CT molecular complexity index is 1050. The molecule has 0 amide bonds. The number of H-pyrrole nitrogens is 1. The highest BCUT2D eigenvalue weighted by atomic mass is 32.2. The summed E-state index contributed by atoms with van der Waals surface area (Å²) in [7, 11) is 0. The normalized spacial score (nSPS) is 16.1. The van der Waals surface area contributed by atoms with Crippen molar-refractivity contribution in [2.75, 3.05) is 31.2 Å². The monoisotopic (exact) mass is 420 g/mol. The number of ether oxygens (including phenoxy) is 1. The van der Waals surface area contributed by atoms with Crippen molar-refractivity contribution in [2.45, 2.75) is 44.6 Å². The molecule has 1 aliphatic heterocycles. The Morgan fingerprint density at radius 1 is 1.29 bits per heavy atom. The minimum absolute atomic E-state index is 0.0492. The second-order valence-corrected chi connectivity index (χ2v) is 9.31. The van der Waals surface area contributed by atoms with Crippen molar-refractivity contribution in [2.24, 2.45) is 0 Å². The second-order valence-electron chi connectivity index (χ2n) is 6.80. The van der Waals surface area contributed by atoms with Crippen molar-refractivity contribution in [3.8, 4) is 0 Å². The summed E-state index contributed by atoms with van der Waals surface area (Å²) in [6, 6.07) is 0. The molecule has 0 saturated carbocycles. The molecule has 1 saturated heterocycles. The summed E-state index contributed by atoms with van der Waals surface area (Å²) in [5.41, 5.74) is 0.946. The van der Waals surface area contributed by atoms with E-state index in [1.807, 2.05) is 20.8 Å². The molecule has 4 heterocycles. The van der Waals surface area contributed by atoms with Crippen LogP contribution in [0.1, 0.15) is 35.4 Å². The summed E-state index contributed by atoms with van der Waals surface area (Å²) in [6.07, 6.45) is 0. The summed E-state index contributed by atoms with van der Waals surface area (Å²) in [6.45, 7) is 12.0. The second kappa shape index (κ2) is 7.84. The first kappa shape index (κ1) is 19.4. The molecule has 3 aromatic rings. The van der Waals surface area contributed by atoms with Crippen LogP contribution in [0.15, 0.2) is 9.95 Å². The van der Waals surface area contributed by atoms with Gasteiger partial charge in [0.1, 0.15) is 10.7 Å². The van der Waals surface area contributed by atoms with Crippen LogP contribution < -0.4 is 10.5 Å². The minimum Gasteiger partial charge on any atom is -0.378 e. The smallest absolute Gasteiger partial charge is 0.259 e. The fourth-order valence-corrected chi connectivity index (χ4v) is 5.32. The van der Waals surface area contributed by atoms with Crippen molar-refractivity contribution < 1.29 is 4.74 Å². The van der Waals surface area contributed by atoms with E-state index in [1.54, 1.807) is 23.1 Å². The SMILES string of the molecule is CCn1c(SC(C)c2nc3sc(C)c(C)c3c(=O)[nH]2)nnc1N1CCOCC1. The van der Waals surface area contributed by atoms with Crippen molar-refractivity contribution in [1.29, 1.82) is 0 Å². The first-order valence-electron chi connectivity index (χ1n) is 9.42. The van der Waals surface area contributed by atoms with Gasteiger partial charge < -0.3 is 14.6 Å². The van der Waals surface area contributed by atoms with Crippen molar-refractivity contribution in [3.63, 3.8) is 0 Å². The number of aryl methyl sites for hydroxylation is 2. The summed E-state index contributed by atoms with van der Waals surface area (Å²) >= 11 is 3.13. The first-order chi connectivity index (χ1) is 13.5. The quantitative estimate of drug-likeness (QED) is 0.635. The molecule has 4 rings (SSSR count). The van der Waals surface area contributed by atoms with Gasteiger partial charge in [0.05, 0.1) is 23.8 Å². The number of hydrogen-bond donors (Lipinski definition) is 1. The van der Waals surface area contributed by atoms with Gasteiger partial charge in [-0.25, -0.2) is 4.98 Å². The zero-order valence-electron chi connectivity index (χ0n) is 16.5. The first-order valence-corrected chi connectivity index (χ1v) is 11.1. The van der Waals surface area contributed by atoms with Gasteiger partial charge in [-0.05, 0) is 33.3 Å². The lowest BCUT2D eigenvalue weighted by atomic mass is 10.2.